The van der Waals surface area contributed by atoms with Crippen molar-refractivity contribution < 1.29 is 14.3 Å². The highest BCUT2D eigenvalue weighted by Gasteiger charge is 2.28. The number of amides is 1. The molecule has 0 unspecified atom stereocenters. The maximum Gasteiger partial charge on any atom is 0.325 e. The molecule has 0 radical (unpaired) electrons. The van der Waals surface area contributed by atoms with Crippen LogP contribution in [0.1, 0.15) is 37.0 Å². The number of carbonyl (C=O) groups is 2. The van der Waals surface area contributed by atoms with Crippen molar-refractivity contribution in [2.24, 2.45) is 0 Å². The molecule has 2 rings (SSSR count). The van der Waals surface area contributed by atoms with Crippen molar-refractivity contribution in [1.29, 1.82) is 0 Å². The van der Waals surface area contributed by atoms with Gasteiger partial charge in [-0.25, -0.2) is 0 Å². The van der Waals surface area contributed by atoms with Crippen LogP contribution in [0, 0.1) is 0 Å². The minimum atomic E-state index is -0.332. The summed E-state index contributed by atoms with van der Waals surface area (Å²) < 4.78 is 4.71. The number of esters is 1. The molecule has 110 valence electrons. The van der Waals surface area contributed by atoms with Crippen LogP contribution in [0.2, 0.25) is 0 Å². The number of hydrogen-bond acceptors (Lipinski definition) is 4. The minimum absolute atomic E-state index is 0.0655. The number of rotatable bonds is 6. The molecule has 1 aliphatic rings. The Morgan fingerprint density at radius 3 is 2.75 bits per heavy atom. The lowest BCUT2D eigenvalue weighted by molar-refractivity contribution is -0.148. The first kappa shape index (κ1) is 15.0. The third-order valence-electron chi connectivity index (χ3n) is 3.78. The van der Waals surface area contributed by atoms with Crippen LogP contribution in [-0.4, -0.2) is 36.5 Å². The SMILES string of the molecule is COC(=O)CN(C(=O)CCc1cccs1)C1CCCC1. The Balaban J connectivity index is 1.93. The van der Waals surface area contributed by atoms with E-state index in [2.05, 4.69) is 0 Å². The van der Waals surface area contributed by atoms with Gasteiger partial charge < -0.3 is 9.64 Å². The lowest BCUT2D eigenvalue weighted by Gasteiger charge is -2.28. The Morgan fingerprint density at radius 1 is 1.40 bits per heavy atom. The van der Waals surface area contributed by atoms with Crippen molar-refractivity contribution in [3.8, 4) is 0 Å². The van der Waals surface area contributed by atoms with Crippen molar-refractivity contribution in [2.75, 3.05) is 13.7 Å². The second kappa shape index (κ2) is 7.43. The van der Waals surface area contributed by atoms with Crippen LogP contribution in [0.5, 0.6) is 0 Å². The molecule has 4 nitrogen and oxygen atoms in total. The van der Waals surface area contributed by atoms with E-state index in [1.54, 1.807) is 16.2 Å². The van der Waals surface area contributed by atoms with Crippen LogP contribution in [0.25, 0.3) is 0 Å². The highest BCUT2D eigenvalue weighted by Crippen LogP contribution is 2.24. The zero-order valence-electron chi connectivity index (χ0n) is 11.8. The van der Waals surface area contributed by atoms with Gasteiger partial charge in [-0.3, -0.25) is 9.59 Å². The van der Waals surface area contributed by atoms with Crippen LogP contribution in [0.3, 0.4) is 0 Å². The molecule has 1 heterocycles. The molecule has 20 heavy (non-hydrogen) atoms. The number of ether oxygens (including phenoxy) is 1. The Bertz CT molecular complexity index is 438. The highest BCUT2D eigenvalue weighted by molar-refractivity contribution is 7.09. The molecular weight excluding hydrogens is 274 g/mol. The fourth-order valence-electron chi connectivity index (χ4n) is 2.67. The largest absolute Gasteiger partial charge is 0.468 e. The van der Waals surface area contributed by atoms with Crippen molar-refractivity contribution >= 4 is 23.2 Å². The summed E-state index contributed by atoms with van der Waals surface area (Å²) in [6.45, 7) is 0.0877. The number of aryl methyl sites for hydroxylation is 1. The average Bonchev–Trinajstić information content (AvgIpc) is 3.14. The smallest absolute Gasteiger partial charge is 0.325 e. The van der Waals surface area contributed by atoms with Crippen molar-refractivity contribution in [1.82, 2.24) is 4.90 Å². The monoisotopic (exact) mass is 295 g/mol. The van der Waals surface area contributed by atoms with Crippen LogP contribution < -0.4 is 0 Å². The first-order chi connectivity index (χ1) is 9.70. The summed E-state index contributed by atoms with van der Waals surface area (Å²) in [6.07, 6.45) is 5.50. The second-order valence-corrected chi connectivity index (χ2v) is 6.15. The second-order valence-electron chi connectivity index (χ2n) is 5.12. The summed E-state index contributed by atoms with van der Waals surface area (Å²) in [5.41, 5.74) is 0. The molecule has 1 saturated carbocycles. The molecule has 1 aromatic heterocycles. The first-order valence-corrected chi connectivity index (χ1v) is 7.97. The topological polar surface area (TPSA) is 46.6 Å². The van der Waals surface area contributed by atoms with E-state index in [0.717, 1.165) is 32.1 Å². The number of methoxy groups -OCH3 is 1. The molecular formula is C15H21NO3S. The van der Waals surface area contributed by atoms with E-state index >= 15 is 0 Å². The van der Waals surface area contributed by atoms with E-state index in [0.29, 0.717) is 6.42 Å². The Hall–Kier alpha value is -1.36. The lowest BCUT2D eigenvalue weighted by atomic mass is 10.1. The first-order valence-electron chi connectivity index (χ1n) is 7.09. The van der Waals surface area contributed by atoms with Crippen LogP contribution in [0.15, 0.2) is 17.5 Å². The van der Waals surface area contributed by atoms with Gasteiger partial charge in [0, 0.05) is 17.3 Å². The van der Waals surface area contributed by atoms with Gasteiger partial charge in [0.05, 0.1) is 7.11 Å². The van der Waals surface area contributed by atoms with E-state index in [1.165, 1.54) is 12.0 Å². The highest BCUT2D eigenvalue weighted by atomic mass is 32.1. The molecule has 0 N–H and O–H groups in total. The molecule has 1 aliphatic carbocycles. The quantitative estimate of drug-likeness (QED) is 0.758. The van der Waals surface area contributed by atoms with Crippen molar-refractivity contribution in [3.05, 3.63) is 22.4 Å². The summed E-state index contributed by atoms with van der Waals surface area (Å²) in [5.74, 6) is -0.267. The summed E-state index contributed by atoms with van der Waals surface area (Å²) in [5, 5.41) is 2.02. The van der Waals surface area contributed by atoms with Gasteiger partial charge in [0.1, 0.15) is 6.54 Å². The zero-order valence-corrected chi connectivity index (χ0v) is 12.7. The molecule has 1 amide bonds. The number of thiophene rings is 1. The van der Waals surface area contributed by atoms with Gasteiger partial charge in [0.25, 0.3) is 0 Å². The molecule has 0 saturated heterocycles. The molecule has 0 bridgehead atoms. The molecule has 0 atom stereocenters. The van der Waals surface area contributed by atoms with Gasteiger partial charge in [-0.1, -0.05) is 18.9 Å². The van der Waals surface area contributed by atoms with E-state index in [1.807, 2.05) is 17.5 Å². The third kappa shape index (κ3) is 4.07. The van der Waals surface area contributed by atoms with Crippen LogP contribution >= 0.6 is 11.3 Å². The maximum absolute atomic E-state index is 12.4. The van der Waals surface area contributed by atoms with E-state index in [4.69, 9.17) is 4.74 Å². The Morgan fingerprint density at radius 2 is 2.15 bits per heavy atom. The lowest BCUT2D eigenvalue weighted by Crippen LogP contribution is -2.42. The predicted molar refractivity (Wildman–Crippen MR) is 78.6 cm³/mol. The van der Waals surface area contributed by atoms with Gasteiger partial charge >= 0.3 is 5.97 Å². The third-order valence-corrected chi connectivity index (χ3v) is 4.71. The number of nitrogens with zero attached hydrogens (tertiary/aromatic N) is 1. The van der Waals surface area contributed by atoms with Crippen molar-refractivity contribution in [3.63, 3.8) is 0 Å². The molecule has 0 spiro atoms. The normalized spacial score (nSPS) is 15.2. The molecule has 1 aromatic rings. The van der Waals surface area contributed by atoms with E-state index in [9.17, 15) is 9.59 Å². The Labute approximate surface area is 123 Å². The van der Waals surface area contributed by atoms with Crippen LogP contribution in [0.4, 0.5) is 0 Å². The zero-order chi connectivity index (χ0) is 14.4. The van der Waals surface area contributed by atoms with Gasteiger partial charge in [0.15, 0.2) is 0 Å². The average molecular weight is 295 g/mol. The van der Waals surface area contributed by atoms with Gasteiger partial charge in [-0.05, 0) is 30.7 Å². The van der Waals surface area contributed by atoms with Gasteiger partial charge in [-0.2, -0.15) is 0 Å². The minimum Gasteiger partial charge on any atom is -0.468 e. The maximum atomic E-state index is 12.4. The fraction of sp³-hybridized carbons (Fsp3) is 0.600. The summed E-state index contributed by atoms with van der Waals surface area (Å²) >= 11 is 1.66. The fourth-order valence-corrected chi connectivity index (χ4v) is 3.38. The van der Waals surface area contributed by atoms with Gasteiger partial charge in [-0.15, -0.1) is 11.3 Å². The number of hydrogen-bond donors (Lipinski definition) is 0. The summed E-state index contributed by atoms with van der Waals surface area (Å²) in [4.78, 5) is 26.8. The number of carbonyl (C=O) groups excluding carboxylic acids is 2. The molecule has 0 aliphatic heterocycles. The predicted octanol–water partition coefficient (Wildman–Crippen LogP) is 2.62. The molecule has 1 fully saturated rings. The Kier molecular flexibility index (Phi) is 5.59. The van der Waals surface area contributed by atoms with Crippen molar-refractivity contribution in [2.45, 2.75) is 44.6 Å². The summed E-state index contributed by atoms with van der Waals surface area (Å²) in [7, 11) is 1.37. The standard InChI is InChI=1S/C15H21NO3S/c1-19-15(18)11-16(12-5-2-3-6-12)14(17)9-8-13-7-4-10-20-13/h4,7,10,12H,2-3,5-6,8-9,11H2,1H3. The summed E-state index contributed by atoms with van der Waals surface area (Å²) in [6, 6.07) is 4.25. The van der Waals surface area contributed by atoms with E-state index in [-0.39, 0.29) is 24.5 Å². The van der Waals surface area contributed by atoms with Gasteiger partial charge in [0.2, 0.25) is 5.91 Å². The molecule has 5 heteroatoms. The van der Waals surface area contributed by atoms with E-state index < -0.39 is 0 Å². The molecule has 0 aromatic carbocycles. The van der Waals surface area contributed by atoms with Crippen LogP contribution in [-0.2, 0) is 20.7 Å².